The topological polar surface area (TPSA) is 79.3 Å². The molecule has 0 spiro atoms. The van der Waals surface area contributed by atoms with Crippen molar-refractivity contribution < 1.29 is 9.59 Å². The monoisotopic (exact) mass is 461 g/mol. The predicted molar refractivity (Wildman–Crippen MR) is 137 cm³/mol. The number of amides is 3. The average Bonchev–Trinajstić information content (AvgIpc) is 3.16. The molecule has 0 aliphatic heterocycles. The highest BCUT2D eigenvalue weighted by Crippen LogP contribution is 2.24. The number of aryl methyl sites for hydroxylation is 1. The fraction of sp³-hybridized carbons (Fsp3) is 0.370. The molecular weight excluding hydrogens is 426 g/mol. The third-order valence-corrected chi connectivity index (χ3v) is 5.03. The van der Waals surface area contributed by atoms with E-state index in [1.807, 2.05) is 107 Å². The number of hydrogen-bond donors (Lipinski definition) is 2. The number of carbonyl (C=O) groups is 2. The van der Waals surface area contributed by atoms with Gasteiger partial charge in [0.1, 0.15) is 6.54 Å². The maximum Gasteiger partial charge on any atom is 0.318 e. The first-order valence-corrected chi connectivity index (χ1v) is 11.6. The van der Waals surface area contributed by atoms with Crippen LogP contribution in [0, 0.1) is 12.8 Å². The summed E-state index contributed by atoms with van der Waals surface area (Å²) >= 11 is 0. The van der Waals surface area contributed by atoms with Crippen LogP contribution < -0.4 is 10.6 Å². The van der Waals surface area contributed by atoms with Crippen molar-refractivity contribution in [3.63, 3.8) is 0 Å². The summed E-state index contributed by atoms with van der Waals surface area (Å²) in [5, 5.41) is 5.87. The van der Waals surface area contributed by atoms with Gasteiger partial charge in [0.25, 0.3) is 0 Å². The van der Waals surface area contributed by atoms with Gasteiger partial charge in [0.2, 0.25) is 11.9 Å². The van der Waals surface area contributed by atoms with Gasteiger partial charge >= 0.3 is 6.03 Å². The SMILES string of the molecule is Cc1ccc(-n2cc(-c3ccccc3)nc2NC(=O)CN(CC(C)C)C(=O)NC(C)(C)C)cc1. The van der Waals surface area contributed by atoms with Crippen LogP contribution in [0.5, 0.6) is 0 Å². The van der Waals surface area contributed by atoms with Crippen LogP contribution in [0.3, 0.4) is 0 Å². The molecule has 3 rings (SSSR count). The first-order chi connectivity index (χ1) is 16.0. The van der Waals surface area contributed by atoms with Crippen molar-refractivity contribution in [3.05, 3.63) is 66.4 Å². The van der Waals surface area contributed by atoms with Gasteiger partial charge in [0, 0.05) is 29.5 Å². The normalized spacial score (nSPS) is 11.4. The van der Waals surface area contributed by atoms with Crippen molar-refractivity contribution in [2.45, 2.75) is 47.1 Å². The third kappa shape index (κ3) is 6.94. The molecule has 1 heterocycles. The second kappa shape index (κ2) is 10.5. The Morgan fingerprint density at radius 2 is 1.68 bits per heavy atom. The summed E-state index contributed by atoms with van der Waals surface area (Å²) in [7, 11) is 0. The zero-order chi connectivity index (χ0) is 24.9. The number of hydrogen-bond acceptors (Lipinski definition) is 3. The Bertz CT molecular complexity index is 1110. The molecule has 2 aromatic carbocycles. The first-order valence-electron chi connectivity index (χ1n) is 11.6. The van der Waals surface area contributed by atoms with E-state index in [0.29, 0.717) is 12.5 Å². The van der Waals surface area contributed by atoms with Gasteiger partial charge < -0.3 is 10.2 Å². The Kier molecular flexibility index (Phi) is 7.76. The molecule has 1 aromatic heterocycles. The zero-order valence-electron chi connectivity index (χ0n) is 20.9. The fourth-order valence-electron chi connectivity index (χ4n) is 3.52. The summed E-state index contributed by atoms with van der Waals surface area (Å²) in [6, 6.07) is 17.6. The number of rotatable bonds is 7. The lowest BCUT2D eigenvalue weighted by Gasteiger charge is -2.29. The molecular formula is C27H35N5O2. The number of urea groups is 1. The van der Waals surface area contributed by atoms with Crippen LogP contribution >= 0.6 is 0 Å². The summed E-state index contributed by atoms with van der Waals surface area (Å²) in [6.07, 6.45) is 1.91. The van der Waals surface area contributed by atoms with Crippen molar-refractivity contribution in [2.75, 3.05) is 18.4 Å². The predicted octanol–water partition coefficient (Wildman–Crippen LogP) is 5.25. The summed E-state index contributed by atoms with van der Waals surface area (Å²) in [6.45, 7) is 12.2. The van der Waals surface area contributed by atoms with Crippen LogP contribution in [-0.2, 0) is 4.79 Å². The van der Waals surface area contributed by atoms with Crippen LogP contribution in [0.2, 0.25) is 0 Å². The van der Waals surface area contributed by atoms with Gasteiger partial charge in [-0.25, -0.2) is 9.78 Å². The molecule has 0 saturated carbocycles. The van der Waals surface area contributed by atoms with E-state index < -0.39 is 5.54 Å². The highest BCUT2D eigenvalue weighted by atomic mass is 16.2. The minimum absolute atomic E-state index is 0.0679. The number of anilines is 1. The van der Waals surface area contributed by atoms with Crippen molar-refractivity contribution in [1.82, 2.24) is 19.8 Å². The number of benzene rings is 2. The molecule has 7 nitrogen and oxygen atoms in total. The van der Waals surface area contributed by atoms with E-state index in [2.05, 4.69) is 10.6 Å². The van der Waals surface area contributed by atoms with E-state index in [1.54, 1.807) is 4.90 Å². The van der Waals surface area contributed by atoms with Crippen LogP contribution in [0.1, 0.15) is 40.2 Å². The van der Waals surface area contributed by atoms with Crippen LogP contribution in [0.25, 0.3) is 16.9 Å². The van der Waals surface area contributed by atoms with E-state index >= 15 is 0 Å². The second-order valence-electron chi connectivity index (χ2n) is 10.0. The Labute approximate surface area is 202 Å². The molecule has 0 atom stereocenters. The van der Waals surface area contributed by atoms with Gasteiger partial charge in [0.15, 0.2) is 0 Å². The van der Waals surface area contributed by atoms with Crippen LogP contribution in [-0.4, -0.2) is 45.0 Å². The van der Waals surface area contributed by atoms with Gasteiger partial charge in [-0.15, -0.1) is 0 Å². The fourth-order valence-corrected chi connectivity index (χ4v) is 3.52. The quantitative estimate of drug-likeness (QED) is 0.504. The molecule has 0 saturated heterocycles. The molecule has 0 radical (unpaired) electrons. The van der Waals surface area contributed by atoms with Gasteiger partial charge in [-0.1, -0.05) is 61.9 Å². The van der Waals surface area contributed by atoms with E-state index in [0.717, 1.165) is 22.5 Å². The largest absolute Gasteiger partial charge is 0.333 e. The summed E-state index contributed by atoms with van der Waals surface area (Å²) in [5.41, 5.74) is 3.34. The van der Waals surface area contributed by atoms with Crippen LogP contribution in [0.15, 0.2) is 60.8 Å². The smallest absolute Gasteiger partial charge is 0.318 e. The number of aromatic nitrogens is 2. The van der Waals surface area contributed by atoms with Crippen molar-refractivity contribution in [1.29, 1.82) is 0 Å². The molecule has 0 bridgehead atoms. The minimum Gasteiger partial charge on any atom is -0.333 e. The lowest BCUT2D eigenvalue weighted by atomic mass is 10.1. The van der Waals surface area contributed by atoms with Gasteiger partial charge in [-0.05, 0) is 45.7 Å². The number of nitrogens with zero attached hydrogens (tertiary/aromatic N) is 3. The Morgan fingerprint density at radius 3 is 2.26 bits per heavy atom. The number of carbonyl (C=O) groups excluding carboxylic acids is 2. The van der Waals surface area contributed by atoms with E-state index in [9.17, 15) is 9.59 Å². The van der Waals surface area contributed by atoms with Crippen molar-refractivity contribution >= 4 is 17.9 Å². The average molecular weight is 462 g/mol. The van der Waals surface area contributed by atoms with Crippen molar-refractivity contribution in [2.24, 2.45) is 5.92 Å². The molecule has 0 fully saturated rings. The summed E-state index contributed by atoms with van der Waals surface area (Å²) < 4.78 is 1.86. The van der Waals surface area contributed by atoms with Gasteiger partial charge in [-0.3, -0.25) is 14.7 Å². The molecule has 2 N–H and O–H groups in total. The molecule has 0 aliphatic rings. The lowest BCUT2D eigenvalue weighted by Crippen LogP contribution is -2.51. The van der Waals surface area contributed by atoms with Gasteiger partial charge in [-0.2, -0.15) is 0 Å². The molecule has 34 heavy (non-hydrogen) atoms. The van der Waals surface area contributed by atoms with Crippen LogP contribution in [0.4, 0.5) is 10.7 Å². The van der Waals surface area contributed by atoms with E-state index in [4.69, 9.17) is 4.98 Å². The summed E-state index contributed by atoms with van der Waals surface area (Å²) in [5.74, 6) is 0.328. The van der Waals surface area contributed by atoms with Gasteiger partial charge in [0.05, 0.1) is 5.69 Å². The number of imidazole rings is 1. The lowest BCUT2D eigenvalue weighted by molar-refractivity contribution is -0.116. The maximum atomic E-state index is 13.1. The molecule has 3 aromatic rings. The molecule has 0 unspecified atom stereocenters. The van der Waals surface area contributed by atoms with E-state index in [1.165, 1.54) is 0 Å². The van der Waals surface area contributed by atoms with E-state index in [-0.39, 0.29) is 24.4 Å². The Hall–Kier alpha value is -3.61. The number of nitrogens with one attached hydrogen (secondary N) is 2. The Morgan fingerprint density at radius 1 is 1.03 bits per heavy atom. The van der Waals surface area contributed by atoms with Crippen molar-refractivity contribution in [3.8, 4) is 16.9 Å². The second-order valence-corrected chi connectivity index (χ2v) is 10.0. The summed E-state index contributed by atoms with van der Waals surface area (Å²) in [4.78, 5) is 32.1. The molecule has 7 heteroatoms. The first kappa shape index (κ1) is 25.0. The Balaban J connectivity index is 1.87. The zero-order valence-corrected chi connectivity index (χ0v) is 20.9. The minimum atomic E-state index is -0.394. The maximum absolute atomic E-state index is 13.1. The highest BCUT2D eigenvalue weighted by molar-refractivity contribution is 5.93. The molecule has 0 aliphatic carbocycles. The third-order valence-electron chi connectivity index (χ3n) is 5.03. The highest BCUT2D eigenvalue weighted by Gasteiger charge is 2.23. The molecule has 180 valence electrons. The molecule has 3 amide bonds. The standard InChI is InChI=1S/C27H35N5O2/c1-19(2)16-31(26(34)30-27(4,5)6)18-24(33)29-25-28-23(21-10-8-7-9-11-21)17-32(25)22-14-12-20(3)13-15-22/h7-15,17,19H,16,18H2,1-6H3,(H,30,34)(H,28,29,33).